The van der Waals surface area contributed by atoms with E-state index in [1.807, 2.05) is 0 Å². The van der Waals surface area contributed by atoms with Crippen LogP contribution in [0.4, 0.5) is 11.4 Å². The van der Waals surface area contributed by atoms with Crippen molar-refractivity contribution in [1.29, 1.82) is 0 Å². The first-order valence-electron chi connectivity index (χ1n) is 9.74. The van der Waals surface area contributed by atoms with Gasteiger partial charge >= 0.3 is 12.7 Å². The summed E-state index contributed by atoms with van der Waals surface area (Å²) in [5, 5.41) is 0. The second-order valence-electron chi connectivity index (χ2n) is 7.69. The fourth-order valence-electron chi connectivity index (χ4n) is 4.88. The van der Waals surface area contributed by atoms with Crippen LogP contribution in [0.1, 0.15) is 17.0 Å². The molecule has 0 atom stereocenters. The van der Waals surface area contributed by atoms with Gasteiger partial charge in [0.25, 0.3) is 0 Å². The van der Waals surface area contributed by atoms with Crippen LogP contribution in [-0.2, 0) is 6.54 Å². The third-order valence-electron chi connectivity index (χ3n) is 6.05. The van der Waals surface area contributed by atoms with Gasteiger partial charge in [0, 0.05) is 5.69 Å². The Morgan fingerprint density at radius 1 is 0.929 bits per heavy atom. The van der Waals surface area contributed by atoms with Crippen LogP contribution in [0.2, 0.25) is 0 Å². The Hall–Kier alpha value is -3.34. The summed E-state index contributed by atoms with van der Waals surface area (Å²) in [5.74, 6) is 2.34. The Balaban J connectivity index is 1.72. The lowest BCUT2D eigenvalue weighted by atomic mass is 9.48. The topological polar surface area (TPSA) is 24.9 Å². The van der Waals surface area contributed by atoms with Crippen LogP contribution in [0, 0.1) is 13.8 Å². The zero-order valence-corrected chi connectivity index (χ0v) is 16.0. The number of hydrogen-bond acceptors (Lipinski definition) is 2. The van der Waals surface area contributed by atoms with Crippen LogP contribution in [0.25, 0.3) is 5.82 Å². The molecule has 6 rings (SSSR count). The fourth-order valence-corrected chi connectivity index (χ4v) is 4.88. The van der Waals surface area contributed by atoms with Gasteiger partial charge in [-0.15, -0.1) is 0 Å². The van der Waals surface area contributed by atoms with Crippen molar-refractivity contribution in [2.45, 2.75) is 20.4 Å². The van der Waals surface area contributed by atoms with E-state index >= 15 is 0 Å². The first-order valence-corrected chi connectivity index (χ1v) is 9.74. The molecule has 0 unspecified atom stereocenters. The monoisotopic (exact) mass is 363 g/mol. The number of hydrogen-bond donors (Lipinski definition) is 0. The highest BCUT2D eigenvalue weighted by Gasteiger charge is 2.48. The van der Waals surface area contributed by atoms with Crippen LogP contribution in [0.3, 0.4) is 0 Å². The molecular formula is C23H20BN4+. The molecule has 0 saturated heterocycles. The summed E-state index contributed by atoms with van der Waals surface area (Å²) in [5.41, 5.74) is 7.65. The standard InChI is InChI=1S/C23H20BN4/c1-16-8-6-9-17(2)22(16)24-20-14-25-21-15-26-13-7-12-19(23(26)27(20)21)28(24)18-10-4-3-5-11-18/h3-14H,15H2,1-2H3/q+1. The molecule has 4 heterocycles. The molecule has 0 saturated carbocycles. The Morgan fingerprint density at radius 3 is 2.50 bits per heavy atom. The first-order chi connectivity index (χ1) is 13.7. The number of anilines is 2. The molecule has 134 valence electrons. The summed E-state index contributed by atoms with van der Waals surface area (Å²) in [6.45, 7) is 5.35. The lowest BCUT2D eigenvalue weighted by Crippen LogP contribution is -2.61. The van der Waals surface area contributed by atoms with Gasteiger partial charge in [0.05, 0.1) is 12.4 Å². The molecular weight excluding hydrogens is 343 g/mol. The fraction of sp³-hybridized carbons (Fsp3) is 0.130. The van der Waals surface area contributed by atoms with Crippen molar-refractivity contribution in [3.63, 3.8) is 0 Å². The van der Waals surface area contributed by atoms with E-state index in [9.17, 15) is 0 Å². The summed E-state index contributed by atoms with van der Waals surface area (Å²) < 4.78 is 4.67. The SMILES string of the molecule is Cc1cccc(C)c1B1c2cnc3n2-c2c(ccc[n+]2C3)N1c1ccccc1. The van der Waals surface area contributed by atoms with Gasteiger partial charge < -0.3 is 4.81 Å². The molecule has 4 aromatic rings. The van der Waals surface area contributed by atoms with Gasteiger partial charge in [-0.3, -0.25) is 0 Å². The van der Waals surface area contributed by atoms with Gasteiger partial charge in [-0.25, -0.2) is 9.55 Å². The molecule has 0 amide bonds. The van der Waals surface area contributed by atoms with Crippen LogP contribution >= 0.6 is 0 Å². The van der Waals surface area contributed by atoms with E-state index in [4.69, 9.17) is 4.98 Å². The maximum atomic E-state index is 4.79. The number of aromatic nitrogens is 3. The van der Waals surface area contributed by atoms with E-state index in [1.54, 1.807) is 0 Å². The minimum atomic E-state index is 0.0892. The minimum Gasteiger partial charge on any atom is -0.367 e. The summed E-state index contributed by atoms with van der Waals surface area (Å²) in [7, 11) is 0. The Morgan fingerprint density at radius 2 is 1.71 bits per heavy atom. The van der Waals surface area contributed by atoms with E-state index in [1.165, 1.54) is 39.4 Å². The van der Waals surface area contributed by atoms with E-state index in [0.717, 1.165) is 12.4 Å². The predicted molar refractivity (Wildman–Crippen MR) is 112 cm³/mol. The van der Waals surface area contributed by atoms with Crippen molar-refractivity contribution in [3.8, 4) is 5.82 Å². The molecule has 0 N–H and O–H groups in total. The number of imidazole rings is 1. The average Bonchev–Trinajstić information content (AvgIpc) is 3.28. The molecule has 28 heavy (non-hydrogen) atoms. The predicted octanol–water partition coefficient (Wildman–Crippen LogP) is 2.40. The lowest BCUT2D eigenvalue weighted by molar-refractivity contribution is -0.674. The number of pyridine rings is 1. The van der Waals surface area contributed by atoms with Crippen molar-refractivity contribution in [2.75, 3.05) is 4.81 Å². The van der Waals surface area contributed by atoms with E-state index < -0.39 is 0 Å². The maximum Gasteiger partial charge on any atom is 0.379 e. The van der Waals surface area contributed by atoms with Gasteiger partial charge in [-0.2, -0.15) is 4.57 Å². The highest BCUT2D eigenvalue weighted by Crippen LogP contribution is 2.35. The van der Waals surface area contributed by atoms with Gasteiger partial charge in [0.2, 0.25) is 5.82 Å². The van der Waals surface area contributed by atoms with Gasteiger partial charge in [0.1, 0.15) is 11.3 Å². The van der Waals surface area contributed by atoms with E-state index in [-0.39, 0.29) is 6.85 Å². The molecule has 0 bridgehead atoms. The second-order valence-corrected chi connectivity index (χ2v) is 7.69. The first kappa shape index (κ1) is 15.7. The van der Waals surface area contributed by atoms with E-state index in [0.29, 0.717) is 0 Å². The Bertz CT molecular complexity index is 1210. The minimum absolute atomic E-state index is 0.0892. The number of aryl methyl sites for hydroxylation is 2. The molecule has 2 aliphatic rings. The average molecular weight is 363 g/mol. The summed E-state index contributed by atoms with van der Waals surface area (Å²) in [6, 6.07) is 21.7. The molecule has 5 heteroatoms. The van der Waals surface area contributed by atoms with E-state index in [2.05, 4.69) is 101 Å². The number of rotatable bonds is 2. The molecule has 0 radical (unpaired) electrons. The molecule has 0 spiro atoms. The number of nitrogens with zero attached hydrogens (tertiary/aromatic N) is 4. The molecule has 4 nitrogen and oxygen atoms in total. The van der Waals surface area contributed by atoms with Gasteiger partial charge in [-0.05, 0) is 43.6 Å². The normalized spacial score (nSPS) is 13.8. The highest BCUT2D eigenvalue weighted by atomic mass is 15.3. The third-order valence-corrected chi connectivity index (χ3v) is 6.05. The quantitative estimate of drug-likeness (QED) is 0.356. The summed E-state index contributed by atoms with van der Waals surface area (Å²) in [6.07, 6.45) is 4.22. The Labute approximate surface area is 164 Å². The third kappa shape index (κ3) is 1.96. The second kappa shape index (κ2) is 5.58. The summed E-state index contributed by atoms with van der Waals surface area (Å²) >= 11 is 0. The van der Waals surface area contributed by atoms with Crippen molar-refractivity contribution in [1.82, 2.24) is 9.55 Å². The van der Waals surface area contributed by atoms with Crippen LogP contribution in [0.15, 0.2) is 73.1 Å². The largest absolute Gasteiger partial charge is 0.379 e. The molecule has 0 fully saturated rings. The smallest absolute Gasteiger partial charge is 0.367 e. The van der Waals surface area contributed by atoms with Crippen molar-refractivity contribution in [3.05, 3.63) is 90.0 Å². The zero-order chi connectivity index (χ0) is 18.8. The molecule has 0 aliphatic carbocycles. The van der Waals surface area contributed by atoms with Crippen molar-refractivity contribution in [2.24, 2.45) is 0 Å². The molecule has 2 aliphatic heterocycles. The Kier molecular flexibility index (Phi) is 3.13. The van der Waals surface area contributed by atoms with Gasteiger partial charge in [0.15, 0.2) is 6.54 Å². The van der Waals surface area contributed by atoms with Crippen LogP contribution < -0.4 is 20.4 Å². The van der Waals surface area contributed by atoms with Gasteiger partial charge in [-0.1, -0.05) is 47.5 Å². The van der Waals surface area contributed by atoms with Crippen LogP contribution in [0.5, 0.6) is 0 Å². The van der Waals surface area contributed by atoms with Crippen LogP contribution in [-0.4, -0.2) is 16.4 Å². The maximum absolute atomic E-state index is 4.79. The number of benzene rings is 2. The van der Waals surface area contributed by atoms with Crippen molar-refractivity contribution >= 4 is 29.3 Å². The summed E-state index contributed by atoms with van der Waals surface area (Å²) in [4.78, 5) is 7.27. The lowest BCUT2D eigenvalue weighted by Gasteiger charge is -2.35. The highest BCUT2D eigenvalue weighted by molar-refractivity contribution is 6.89. The zero-order valence-electron chi connectivity index (χ0n) is 16.0. The van der Waals surface area contributed by atoms with Crippen molar-refractivity contribution < 1.29 is 4.57 Å². The molecule has 2 aromatic heterocycles. The molecule has 2 aromatic carbocycles. The number of para-hydroxylation sites is 1.